The highest BCUT2D eigenvalue weighted by atomic mass is 35.5. The van der Waals surface area contributed by atoms with Gasteiger partial charge in [0.15, 0.2) is 5.17 Å². The van der Waals surface area contributed by atoms with E-state index >= 15 is 0 Å². The van der Waals surface area contributed by atoms with Crippen LogP contribution in [-0.2, 0) is 10.5 Å². The number of aliphatic imine (C=N–C) groups is 1. The van der Waals surface area contributed by atoms with Crippen molar-refractivity contribution in [3.8, 4) is 0 Å². The molecule has 158 valence electrons. The van der Waals surface area contributed by atoms with Gasteiger partial charge in [0.1, 0.15) is 17.3 Å². The van der Waals surface area contributed by atoms with Crippen LogP contribution in [0.2, 0.25) is 10.0 Å². The first-order valence-electron chi connectivity index (χ1n) is 9.24. The molecule has 2 heterocycles. The van der Waals surface area contributed by atoms with Crippen LogP contribution in [0.5, 0.6) is 0 Å². The monoisotopic (exact) mass is 475 g/mol. The van der Waals surface area contributed by atoms with E-state index in [1.54, 1.807) is 42.5 Å². The Morgan fingerprint density at radius 3 is 2.61 bits per heavy atom. The van der Waals surface area contributed by atoms with Crippen molar-refractivity contribution in [2.75, 3.05) is 4.90 Å². The maximum atomic E-state index is 14.5. The Morgan fingerprint density at radius 1 is 1.16 bits per heavy atom. The number of thioether (sulfide) groups is 1. The van der Waals surface area contributed by atoms with Gasteiger partial charge in [-0.1, -0.05) is 58.3 Å². The summed E-state index contributed by atoms with van der Waals surface area (Å²) in [6.07, 6.45) is 1.60. The Kier molecular flexibility index (Phi) is 6.18. The lowest BCUT2D eigenvalue weighted by Gasteiger charge is -2.18. The van der Waals surface area contributed by atoms with Crippen LogP contribution in [0, 0.1) is 19.7 Å². The Labute approximate surface area is 192 Å². The molecular formula is C22H16Cl2FN3O2S. The predicted octanol–water partition coefficient (Wildman–Crippen LogP) is 6.41. The summed E-state index contributed by atoms with van der Waals surface area (Å²) in [7, 11) is 0. The summed E-state index contributed by atoms with van der Waals surface area (Å²) in [6.45, 7) is 3.67. The molecule has 9 heteroatoms. The molecule has 5 nitrogen and oxygen atoms in total. The second-order valence-electron chi connectivity index (χ2n) is 6.78. The standard InChI is InChI=1S/C22H16Cl2FN3O2S/c1-12-15(13(2)30-27-12)11-31-22-26-19(10-14-7-8-16(23)17(24)9-14)21(29)28(22)20-6-4-3-5-18(20)25/h3-10H,11H2,1-2H3/b19-10-. The predicted molar refractivity (Wildman–Crippen MR) is 123 cm³/mol. The van der Waals surface area contributed by atoms with E-state index < -0.39 is 11.7 Å². The second-order valence-corrected chi connectivity index (χ2v) is 8.54. The molecule has 31 heavy (non-hydrogen) atoms. The zero-order valence-corrected chi connectivity index (χ0v) is 18.9. The molecule has 1 aliphatic heterocycles. The summed E-state index contributed by atoms with van der Waals surface area (Å²) in [5.41, 5.74) is 2.64. The van der Waals surface area contributed by atoms with Crippen LogP contribution in [-0.4, -0.2) is 16.2 Å². The SMILES string of the molecule is Cc1noc(C)c1CSC1=N/C(=C\c2ccc(Cl)c(Cl)c2)C(=O)N1c1ccccc1F. The van der Waals surface area contributed by atoms with Gasteiger partial charge in [0.25, 0.3) is 5.91 Å². The molecule has 3 aromatic rings. The van der Waals surface area contributed by atoms with Crippen molar-refractivity contribution >= 4 is 57.8 Å². The van der Waals surface area contributed by atoms with Crippen LogP contribution < -0.4 is 4.90 Å². The molecule has 0 bridgehead atoms. The van der Waals surface area contributed by atoms with Crippen molar-refractivity contribution in [1.29, 1.82) is 0 Å². The van der Waals surface area contributed by atoms with Crippen LogP contribution in [0.15, 0.2) is 57.7 Å². The summed E-state index contributed by atoms with van der Waals surface area (Å²) in [6, 6.07) is 11.1. The molecule has 0 atom stereocenters. The summed E-state index contributed by atoms with van der Waals surface area (Å²) in [5.74, 6) is 0.215. The second kappa shape index (κ2) is 8.86. The van der Waals surface area contributed by atoms with Gasteiger partial charge < -0.3 is 4.52 Å². The molecule has 1 aromatic heterocycles. The van der Waals surface area contributed by atoms with Crippen LogP contribution in [0.3, 0.4) is 0 Å². The highest BCUT2D eigenvalue weighted by molar-refractivity contribution is 8.13. The number of anilines is 1. The molecule has 0 unspecified atom stereocenters. The summed E-state index contributed by atoms with van der Waals surface area (Å²) >= 11 is 13.4. The Bertz CT molecular complexity index is 1220. The van der Waals surface area contributed by atoms with Crippen molar-refractivity contribution in [3.05, 3.63) is 86.6 Å². The number of para-hydroxylation sites is 1. The molecule has 0 radical (unpaired) electrons. The number of aryl methyl sites for hydroxylation is 2. The van der Waals surface area contributed by atoms with Crippen molar-refractivity contribution in [3.63, 3.8) is 0 Å². The maximum absolute atomic E-state index is 14.5. The van der Waals surface area contributed by atoms with Crippen LogP contribution >= 0.6 is 35.0 Å². The molecule has 4 rings (SSSR count). The lowest BCUT2D eigenvalue weighted by Crippen LogP contribution is -2.31. The highest BCUT2D eigenvalue weighted by Crippen LogP contribution is 2.33. The van der Waals surface area contributed by atoms with Gasteiger partial charge in [-0.2, -0.15) is 0 Å². The minimum atomic E-state index is -0.516. The van der Waals surface area contributed by atoms with Gasteiger partial charge in [-0.05, 0) is 49.8 Å². The molecule has 1 aliphatic rings. The molecule has 2 aromatic carbocycles. The van der Waals surface area contributed by atoms with E-state index in [0.717, 1.165) is 11.3 Å². The minimum absolute atomic E-state index is 0.134. The average molecular weight is 476 g/mol. The fraction of sp³-hybridized carbons (Fsp3) is 0.136. The summed E-state index contributed by atoms with van der Waals surface area (Å²) in [4.78, 5) is 19.0. The average Bonchev–Trinajstić information content (AvgIpc) is 3.22. The van der Waals surface area contributed by atoms with Crippen molar-refractivity contribution in [1.82, 2.24) is 5.16 Å². The van der Waals surface area contributed by atoms with Crippen LogP contribution in [0.25, 0.3) is 6.08 Å². The molecule has 0 fully saturated rings. The van der Waals surface area contributed by atoms with E-state index in [-0.39, 0.29) is 11.4 Å². The molecule has 0 saturated heterocycles. The number of amidine groups is 1. The molecule has 0 N–H and O–H groups in total. The third-order valence-corrected chi connectivity index (χ3v) is 6.40. The number of nitrogens with zero attached hydrogens (tertiary/aromatic N) is 3. The first-order valence-corrected chi connectivity index (χ1v) is 11.0. The van der Waals surface area contributed by atoms with E-state index in [0.29, 0.717) is 32.3 Å². The van der Waals surface area contributed by atoms with Crippen LogP contribution in [0.4, 0.5) is 10.1 Å². The first-order chi connectivity index (χ1) is 14.8. The Morgan fingerprint density at radius 2 is 1.94 bits per heavy atom. The lowest BCUT2D eigenvalue weighted by molar-refractivity contribution is -0.113. The van der Waals surface area contributed by atoms with Gasteiger partial charge in [-0.3, -0.25) is 9.69 Å². The third kappa shape index (κ3) is 4.39. The molecule has 0 spiro atoms. The Hall–Kier alpha value is -2.61. The van der Waals surface area contributed by atoms with Crippen molar-refractivity contribution < 1.29 is 13.7 Å². The molecular weight excluding hydrogens is 460 g/mol. The number of carbonyl (C=O) groups excluding carboxylic acids is 1. The molecule has 1 amide bonds. The van der Waals surface area contributed by atoms with Crippen molar-refractivity contribution in [2.24, 2.45) is 4.99 Å². The quantitative estimate of drug-likeness (QED) is 0.408. The zero-order chi connectivity index (χ0) is 22.1. The van der Waals surface area contributed by atoms with E-state index in [4.69, 9.17) is 27.7 Å². The number of hydrogen-bond acceptors (Lipinski definition) is 5. The first kappa shape index (κ1) is 21.6. The molecule has 0 saturated carbocycles. The maximum Gasteiger partial charge on any atom is 0.283 e. The minimum Gasteiger partial charge on any atom is -0.361 e. The van der Waals surface area contributed by atoms with Crippen molar-refractivity contribution in [2.45, 2.75) is 19.6 Å². The fourth-order valence-corrected chi connectivity index (χ4v) is 4.51. The van der Waals surface area contributed by atoms with Gasteiger partial charge in [0.05, 0.1) is 21.4 Å². The fourth-order valence-electron chi connectivity index (χ4n) is 3.04. The largest absolute Gasteiger partial charge is 0.361 e. The number of hydrogen-bond donors (Lipinski definition) is 0. The lowest BCUT2D eigenvalue weighted by atomic mass is 10.2. The number of amides is 1. The number of benzene rings is 2. The van der Waals surface area contributed by atoms with Gasteiger partial charge in [-0.15, -0.1) is 0 Å². The smallest absolute Gasteiger partial charge is 0.283 e. The van der Waals surface area contributed by atoms with Crippen LogP contribution in [0.1, 0.15) is 22.6 Å². The summed E-state index contributed by atoms with van der Waals surface area (Å²) in [5, 5.41) is 5.09. The Balaban J connectivity index is 1.72. The van der Waals surface area contributed by atoms with Gasteiger partial charge in [0.2, 0.25) is 0 Å². The highest BCUT2D eigenvalue weighted by Gasteiger charge is 2.33. The number of rotatable bonds is 4. The van der Waals surface area contributed by atoms with E-state index in [2.05, 4.69) is 10.1 Å². The third-order valence-electron chi connectivity index (χ3n) is 4.70. The topological polar surface area (TPSA) is 58.7 Å². The zero-order valence-electron chi connectivity index (χ0n) is 16.5. The van der Waals surface area contributed by atoms with E-state index in [9.17, 15) is 9.18 Å². The summed E-state index contributed by atoms with van der Waals surface area (Å²) < 4.78 is 19.8. The van der Waals surface area contributed by atoms with Gasteiger partial charge >= 0.3 is 0 Å². The van der Waals surface area contributed by atoms with E-state index in [1.165, 1.54) is 22.7 Å². The normalized spacial score (nSPS) is 15.1. The van der Waals surface area contributed by atoms with Gasteiger partial charge in [-0.25, -0.2) is 9.38 Å². The number of aromatic nitrogens is 1. The van der Waals surface area contributed by atoms with E-state index in [1.807, 2.05) is 13.8 Å². The molecule has 0 aliphatic carbocycles. The number of halogens is 3. The van der Waals surface area contributed by atoms with Gasteiger partial charge in [0, 0.05) is 11.3 Å². The number of carbonyl (C=O) groups is 1.